The number of carbonyl (C=O) groups is 1. The topological polar surface area (TPSA) is 74.8 Å². The van der Waals surface area contributed by atoms with Gasteiger partial charge in [-0.3, -0.25) is 4.99 Å². The van der Waals surface area contributed by atoms with Crippen molar-refractivity contribution in [3.63, 3.8) is 0 Å². The number of amides is 1. The predicted molar refractivity (Wildman–Crippen MR) is 92.3 cm³/mol. The molecule has 0 heterocycles. The first-order chi connectivity index (χ1) is 10.2. The summed E-state index contributed by atoms with van der Waals surface area (Å²) < 4.78 is 5.37. The van der Waals surface area contributed by atoms with Crippen molar-refractivity contribution < 1.29 is 9.53 Å². The van der Waals surface area contributed by atoms with E-state index < -0.39 is 11.1 Å². The van der Waals surface area contributed by atoms with Crippen molar-refractivity contribution in [2.45, 2.75) is 72.4 Å². The fraction of sp³-hybridized carbons (Fsp3) is 0.875. The number of ether oxygens (including phenoxy) is 1. The van der Waals surface area contributed by atoms with Crippen LogP contribution >= 0.6 is 0 Å². The molecule has 0 aliphatic heterocycles. The zero-order valence-electron chi connectivity index (χ0n) is 15.3. The Balaban J connectivity index is 4.93. The fourth-order valence-corrected chi connectivity index (χ4v) is 1.95. The first-order valence-electron chi connectivity index (χ1n) is 8.25. The van der Waals surface area contributed by atoms with E-state index in [1.165, 1.54) is 0 Å². The molecule has 0 saturated heterocycles. The van der Waals surface area contributed by atoms with E-state index >= 15 is 0 Å². The Morgan fingerprint density at radius 2 is 1.50 bits per heavy atom. The Bertz CT molecular complexity index is 350. The Morgan fingerprint density at radius 3 is 1.86 bits per heavy atom. The minimum atomic E-state index is -0.501. The zero-order valence-corrected chi connectivity index (χ0v) is 15.3. The van der Waals surface area contributed by atoms with E-state index in [2.05, 4.69) is 34.8 Å². The van der Waals surface area contributed by atoms with Gasteiger partial charge in [0.2, 0.25) is 0 Å². The summed E-state index contributed by atoms with van der Waals surface area (Å²) >= 11 is 0. The largest absolute Gasteiger partial charge is 0.444 e. The molecule has 0 saturated carbocycles. The van der Waals surface area contributed by atoms with Gasteiger partial charge in [-0.1, -0.05) is 13.8 Å². The van der Waals surface area contributed by atoms with E-state index in [-0.39, 0.29) is 6.09 Å². The molecule has 22 heavy (non-hydrogen) atoms. The summed E-state index contributed by atoms with van der Waals surface area (Å²) in [6.45, 7) is 15.8. The number of carbonyl (C=O) groups excluding carboxylic acids is 1. The molecule has 0 rings (SSSR count). The molecule has 0 aromatic heterocycles. The summed E-state index contributed by atoms with van der Waals surface area (Å²) in [6.07, 6.45) is 1.19. The first-order valence-corrected chi connectivity index (χ1v) is 8.25. The maximum Gasteiger partial charge on any atom is 0.408 e. The van der Waals surface area contributed by atoms with Gasteiger partial charge in [-0.05, 0) is 47.5 Å². The maximum absolute atomic E-state index is 12.1. The Hall–Kier alpha value is -1.46. The molecule has 0 spiro atoms. The number of guanidine groups is 1. The Kier molecular flexibility index (Phi) is 8.90. The van der Waals surface area contributed by atoms with Gasteiger partial charge in [-0.2, -0.15) is 0 Å². The molecule has 3 N–H and O–H groups in total. The molecule has 0 aliphatic carbocycles. The van der Waals surface area contributed by atoms with Crippen LogP contribution in [-0.4, -0.2) is 42.8 Å². The molecule has 0 fully saturated rings. The van der Waals surface area contributed by atoms with Gasteiger partial charge in [-0.25, -0.2) is 4.79 Å². The molecule has 0 unspecified atom stereocenters. The third-order valence-electron chi connectivity index (χ3n) is 3.35. The second-order valence-electron chi connectivity index (χ2n) is 6.34. The van der Waals surface area contributed by atoms with Crippen LogP contribution in [-0.2, 0) is 4.74 Å². The van der Waals surface area contributed by atoms with Gasteiger partial charge < -0.3 is 20.7 Å². The maximum atomic E-state index is 12.1. The molecular weight excluding hydrogens is 280 g/mol. The van der Waals surface area contributed by atoms with E-state index in [9.17, 15) is 4.79 Å². The molecular formula is C16H34N4O2. The van der Waals surface area contributed by atoms with Crippen molar-refractivity contribution in [2.75, 3.05) is 19.6 Å². The summed E-state index contributed by atoms with van der Waals surface area (Å²) in [5.74, 6) is 0.766. The monoisotopic (exact) mass is 314 g/mol. The van der Waals surface area contributed by atoms with Crippen LogP contribution in [0.2, 0.25) is 0 Å². The molecule has 0 aromatic carbocycles. The van der Waals surface area contributed by atoms with Crippen molar-refractivity contribution in [1.29, 1.82) is 0 Å². The van der Waals surface area contributed by atoms with Crippen LogP contribution in [0.5, 0.6) is 0 Å². The van der Waals surface area contributed by atoms with Gasteiger partial charge >= 0.3 is 6.09 Å². The van der Waals surface area contributed by atoms with Crippen LogP contribution in [0.25, 0.3) is 0 Å². The van der Waals surface area contributed by atoms with Gasteiger partial charge in [0.05, 0.1) is 12.1 Å². The standard InChI is InChI=1S/C16H34N4O2/c1-8-16(9-2,20-14(21)22-15(5,6)7)12-19-13(17-10-3)18-11-4/h8-12H2,1-7H3,(H,20,21)(H2,17,18,19). The number of rotatable bonds is 7. The summed E-state index contributed by atoms with van der Waals surface area (Å²) in [7, 11) is 0. The van der Waals surface area contributed by atoms with Crippen LogP contribution in [0, 0.1) is 0 Å². The van der Waals surface area contributed by atoms with E-state index in [4.69, 9.17) is 4.74 Å². The second-order valence-corrected chi connectivity index (χ2v) is 6.34. The van der Waals surface area contributed by atoms with Crippen LogP contribution in [0.3, 0.4) is 0 Å². The lowest BCUT2D eigenvalue weighted by atomic mass is 9.93. The zero-order chi connectivity index (χ0) is 17.2. The third kappa shape index (κ3) is 8.10. The van der Waals surface area contributed by atoms with E-state index in [0.717, 1.165) is 31.9 Å². The molecule has 1 amide bonds. The average molecular weight is 314 g/mol. The van der Waals surface area contributed by atoms with Crippen molar-refractivity contribution in [1.82, 2.24) is 16.0 Å². The van der Waals surface area contributed by atoms with Crippen LogP contribution in [0.1, 0.15) is 61.3 Å². The van der Waals surface area contributed by atoms with Gasteiger partial charge in [0.15, 0.2) is 5.96 Å². The molecule has 0 aliphatic rings. The first kappa shape index (κ1) is 20.5. The SMILES string of the molecule is CCNC(=NCC(CC)(CC)NC(=O)OC(C)(C)C)NCC. The highest BCUT2D eigenvalue weighted by Gasteiger charge is 2.30. The van der Waals surface area contributed by atoms with Gasteiger partial charge in [0.25, 0.3) is 0 Å². The fourth-order valence-electron chi connectivity index (χ4n) is 1.95. The van der Waals surface area contributed by atoms with Gasteiger partial charge in [-0.15, -0.1) is 0 Å². The predicted octanol–water partition coefficient (Wildman–Crippen LogP) is 2.64. The van der Waals surface area contributed by atoms with E-state index in [1.54, 1.807) is 0 Å². The molecule has 0 bridgehead atoms. The third-order valence-corrected chi connectivity index (χ3v) is 3.35. The number of aliphatic imine (C=N–C) groups is 1. The van der Waals surface area contributed by atoms with Crippen molar-refractivity contribution in [3.05, 3.63) is 0 Å². The van der Waals surface area contributed by atoms with Crippen molar-refractivity contribution in [2.24, 2.45) is 4.99 Å². The minimum Gasteiger partial charge on any atom is -0.444 e. The van der Waals surface area contributed by atoms with E-state index in [0.29, 0.717) is 6.54 Å². The second kappa shape index (κ2) is 9.54. The average Bonchev–Trinajstić information content (AvgIpc) is 2.41. The Morgan fingerprint density at radius 1 is 1.00 bits per heavy atom. The summed E-state index contributed by atoms with van der Waals surface area (Å²) in [4.78, 5) is 16.7. The molecule has 0 atom stereocenters. The highest BCUT2D eigenvalue weighted by Crippen LogP contribution is 2.17. The van der Waals surface area contributed by atoms with Gasteiger partial charge in [0.1, 0.15) is 5.60 Å². The Labute approximate surface area is 135 Å². The van der Waals surface area contributed by atoms with Crippen LogP contribution < -0.4 is 16.0 Å². The molecule has 130 valence electrons. The summed E-state index contributed by atoms with van der Waals surface area (Å²) in [5, 5.41) is 9.38. The smallest absolute Gasteiger partial charge is 0.408 e. The highest BCUT2D eigenvalue weighted by atomic mass is 16.6. The number of nitrogens with zero attached hydrogens (tertiary/aromatic N) is 1. The lowest BCUT2D eigenvalue weighted by Crippen LogP contribution is -2.52. The molecule has 0 radical (unpaired) electrons. The molecule has 6 nitrogen and oxygen atoms in total. The number of alkyl carbamates (subject to hydrolysis) is 1. The highest BCUT2D eigenvalue weighted by molar-refractivity contribution is 5.79. The van der Waals surface area contributed by atoms with Crippen molar-refractivity contribution in [3.8, 4) is 0 Å². The van der Waals surface area contributed by atoms with Crippen LogP contribution in [0.4, 0.5) is 4.79 Å². The minimum absolute atomic E-state index is 0.389. The lowest BCUT2D eigenvalue weighted by molar-refractivity contribution is 0.0452. The molecule has 6 heteroatoms. The quantitative estimate of drug-likeness (QED) is 0.499. The van der Waals surface area contributed by atoms with Gasteiger partial charge in [0, 0.05) is 13.1 Å². The number of hydrogen-bond acceptors (Lipinski definition) is 3. The lowest BCUT2D eigenvalue weighted by Gasteiger charge is -2.32. The summed E-state index contributed by atoms with van der Waals surface area (Å²) in [5.41, 5.74) is -0.891. The van der Waals surface area contributed by atoms with E-state index in [1.807, 2.05) is 34.6 Å². The number of nitrogens with one attached hydrogen (secondary N) is 3. The van der Waals surface area contributed by atoms with Crippen LogP contribution in [0.15, 0.2) is 4.99 Å². The summed E-state index contributed by atoms with van der Waals surface area (Å²) in [6, 6.07) is 0. The number of hydrogen-bond donors (Lipinski definition) is 3. The normalized spacial score (nSPS) is 11.6. The van der Waals surface area contributed by atoms with Crippen molar-refractivity contribution >= 4 is 12.1 Å². The molecule has 0 aromatic rings.